The standard InChI is InChI=1S/C17H23NO6/c1-17(22,16(20)21)10-18-15(19)11-7-8-13(14(9-11)23-2)24-12-5-3-4-6-12/h7-9,12,22H,3-6,10H2,1-2H3,(H,18,19)(H,20,21). The molecule has 132 valence electrons. The van der Waals surface area contributed by atoms with Crippen LogP contribution in [0, 0.1) is 0 Å². The number of ether oxygens (including phenoxy) is 2. The first-order valence-electron chi connectivity index (χ1n) is 7.92. The second kappa shape index (κ2) is 7.53. The van der Waals surface area contributed by atoms with E-state index < -0.39 is 24.0 Å². The van der Waals surface area contributed by atoms with Crippen LogP contribution in [0.1, 0.15) is 43.0 Å². The molecule has 0 bridgehead atoms. The van der Waals surface area contributed by atoms with Gasteiger partial charge in [0.25, 0.3) is 5.91 Å². The number of nitrogens with one attached hydrogen (secondary N) is 1. The summed E-state index contributed by atoms with van der Waals surface area (Å²) in [5.74, 6) is -0.874. The van der Waals surface area contributed by atoms with E-state index in [2.05, 4.69) is 5.32 Å². The van der Waals surface area contributed by atoms with Crippen LogP contribution in [0.4, 0.5) is 0 Å². The van der Waals surface area contributed by atoms with Gasteiger partial charge in [-0.15, -0.1) is 0 Å². The number of methoxy groups -OCH3 is 1. The summed E-state index contributed by atoms with van der Waals surface area (Å²) in [5, 5.41) is 20.9. The van der Waals surface area contributed by atoms with Crippen molar-refractivity contribution in [3.05, 3.63) is 23.8 Å². The highest BCUT2D eigenvalue weighted by molar-refractivity contribution is 5.95. The average molecular weight is 337 g/mol. The molecule has 0 heterocycles. The Kier molecular flexibility index (Phi) is 5.66. The minimum absolute atomic E-state index is 0.171. The predicted molar refractivity (Wildman–Crippen MR) is 86.5 cm³/mol. The van der Waals surface area contributed by atoms with Crippen LogP contribution >= 0.6 is 0 Å². The Morgan fingerprint density at radius 1 is 1.29 bits per heavy atom. The van der Waals surface area contributed by atoms with Gasteiger partial charge in [0.1, 0.15) is 0 Å². The number of carbonyl (C=O) groups excluding carboxylic acids is 1. The van der Waals surface area contributed by atoms with E-state index in [1.54, 1.807) is 12.1 Å². The zero-order chi connectivity index (χ0) is 17.7. The molecule has 24 heavy (non-hydrogen) atoms. The first kappa shape index (κ1) is 18.1. The van der Waals surface area contributed by atoms with Crippen molar-refractivity contribution in [3.8, 4) is 11.5 Å². The molecule has 0 radical (unpaired) electrons. The largest absolute Gasteiger partial charge is 0.493 e. The fraction of sp³-hybridized carbons (Fsp3) is 0.529. The highest BCUT2D eigenvalue weighted by Crippen LogP contribution is 2.32. The molecule has 0 aromatic heterocycles. The first-order chi connectivity index (χ1) is 11.3. The number of amides is 1. The van der Waals surface area contributed by atoms with Crippen LogP contribution in [0.2, 0.25) is 0 Å². The summed E-state index contributed by atoms with van der Waals surface area (Å²) in [6, 6.07) is 4.79. The Morgan fingerprint density at radius 2 is 1.96 bits per heavy atom. The number of hydrogen-bond donors (Lipinski definition) is 3. The summed E-state index contributed by atoms with van der Waals surface area (Å²) in [6.07, 6.45) is 4.49. The number of hydrogen-bond acceptors (Lipinski definition) is 5. The summed E-state index contributed by atoms with van der Waals surface area (Å²) < 4.78 is 11.2. The van der Waals surface area contributed by atoms with Crippen molar-refractivity contribution in [2.75, 3.05) is 13.7 Å². The van der Waals surface area contributed by atoms with Gasteiger partial charge in [0.15, 0.2) is 17.1 Å². The van der Waals surface area contributed by atoms with Gasteiger partial charge < -0.3 is 25.0 Å². The summed E-state index contributed by atoms with van der Waals surface area (Å²) >= 11 is 0. The normalized spacial score (nSPS) is 17.1. The van der Waals surface area contributed by atoms with Gasteiger partial charge in [-0.3, -0.25) is 4.79 Å². The van der Waals surface area contributed by atoms with Crippen LogP contribution in [-0.2, 0) is 4.79 Å². The second-order valence-electron chi connectivity index (χ2n) is 6.15. The van der Waals surface area contributed by atoms with Crippen molar-refractivity contribution in [1.29, 1.82) is 0 Å². The van der Waals surface area contributed by atoms with Crippen LogP contribution in [0.5, 0.6) is 11.5 Å². The Hall–Kier alpha value is -2.28. The lowest BCUT2D eigenvalue weighted by Gasteiger charge is -2.19. The molecule has 2 rings (SSSR count). The molecular weight excluding hydrogens is 314 g/mol. The molecule has 1 aliphatic rings. The number of carboxylic acids is 1. The topological polar surface area (TPSA) is 105 Å². The number of aliphatic carboxylic acids is 1. The number of benzene rings is 1. The molecule has 1 atom stereocenters. The fourth-order valence-electron chi connectivity index (χ4n) is 2.52. The number of aliphatic hydroxyl groups is 1. The molecule has 3 N–H and O–H groups in total. The van der Waals surface area contributed by atoms with Crippen molar-refractivity contribution < 1.29 is 29.3 Å². The fourth-order valence-corrected chi connectivity index (χ4v) is 2.52. The molecule has 7 heteroatoms. The minimum atomic E-state index is -2.02. The van der Waals surface area contributed by atoms with E-state index in [4.69, 9.17) is 14.6 Å². The van der Waals surface area contributed by atoms with Gasteiger partial charge in [-0.05, 0) is 50.8 Å². The van der Waals surface area contributed by atoms with Crippen LogP contribution in [0.3, 0.4) is 0 Å². The van der Waals surface area contributed by atoms with Gasteiger partial charge in [-0.1, -0.05) is 0 Å². The lowest BCUT2D eigenvalue weighted by molar-refractivity contribution is -0.155. The highest BCUT2D eigenvalue weighted by atomic mass is 16.5. The maximum atomic E-state index is 12.1. The quantitative estimate of drug-likeness (QED) is 0.698. The molecule has 1 aromatic rings. The Balaban J connectivity index is 2.05. The van der Waals surface area contributed by atoms with E-state index in [9.17, 15) is 14.7 Å². The third-order valence-corrected chi connectivity index (χ3v) is 4.08. The summed E-state index contributed by atoms with van der Waals surface area (Å²) in [4.78, 5) is 23.0. The predicted octanol–water partition coefficient (Wildman–Crippen LogP) is 1.58. The second-order valence-corrected chi connectivity index (χ2v) is 6.15. The van der Waals surface area contributed by atoms with Crippen molar-refractivity contribution in [3.63, 3.8) is 0 Å². The lowest BCUT2D eigenvalue weighted by Crippen LogP contribution is -2.46. The van der Waals surface area contributed by atoms with Crippen LogP contribution in [0.25, 0.3) is 0 Å². The SMILES string of the molecule is COc1cc(C(=O)NCC(C)(O)C(=O)O)ccc1OC1CCCC1. The highest BCUT2D eigenvalue weighted by Gasteiger charge is 2.30. The molecule has 1 aromatic carbocycles. The molecule has 1 saturated carbocycles. The Labute approximate surface area is 140 Å². The summed E-state index contributed by atoms with van der Waals surface area (Å²) in [6.45, 7) is 0.721. The maximum absolute atomic E-state index is 12.1. The van der Waals surface area contributed by atoms with Crippen molar-refractivity contribution in [1.82, 2.24) is 5.32 Å². The van der Waals surface area contributed by atoms with Gasteiger partial charge >= 0.3 is 5.97 Å². The molecule has 0 saturated heterocycles. The third-order valence-electron chi connectivity index (χ3n) is 4.08. The molecule has 0 spiro atoms. The smallest absolute Gasteiger partial charge is 0.337 e. The van der Waals surface area contributed by atoms with Gasteiger partial charge in [0.05, 0.1) is 19.8 Å². The number of carbonyl (C=O) groups is 2. The van der Waals surface area contributed by atoms with Crippen LogP contribution in [-0.4, -0.2) is 47.4 Å². The number of carboxylic acid groups (broad SMARTS) is 1. The van der Waals surface area contributed by atoms with Gasteiger partial charge in [0.2, 0.25) is 0 Å². The van der Waals surface area contributed by atoms with E-state index in [1.165, 1.54) is 13.2 Å². The van der Waals surface area contributed by atoms with E-state index in [1.807, 2.05) is 0 Å². The molecule has 1 unspecified atom stereocenters. The van der Waals surface area contributed by atoms with Crippen LogP contribution < -0.4 is 14.8 Å². The van der Waals surface area contributed by atoms with Gasteiger partial charge in [0, 0.05) is 5.56 Å². The van der Waals surface area contributed by atoms with E-state index >= 15 is 0 Å². The third kappa shape index (κ3) is 4.38. The van der Waals surface area contributed by atoms with E-state index in [0.29, 0.717) is 17.1 Å². The lowest BCUT2D eigenvalue weighted by atomic mass is 10.1. The average Bonchev–Trinajstić information content (AvgIpc) is 3.06. The summed E-state index contributed by atoms with van der Waals surface area (Å²) in [5.41, 5.74) is -1.72. The molecule has 0 aliphatic heterocycles. The molecule has 1 amide bonds. The van der Waals surface area contributed by atoms with E-state index in [-0.39, 0.29) is 6.10 Å². The zero-order valence-corrected chi connectivity index (χ0v) is 13.9. The monoisotopic (exact) mass is 337 g/mol. The summed E-state index contributed by atoms with van der Waals surface area (Å²) in [7, 11) is 1.49. The Morgan fingerprint density at radius 3 is 2.54 bits per heavy atom. The molecular formula is C17H23NO6. The van der Waals surface area contributed by atoms with Crippen molar-refractivity contribution in [2.24, 2.45) is 0 Å². The number of rotatable bonds is 7. The minimum Gasteiger partial charge on any atom is -0.493 e. The Bertz CT molecular complexity index is 607. The van der Waals surface area contributed by atoms with Crippen molar-refractivity contribution in [2.45, 2.75) is 44.3 Å². The molecule has 1 fully saturated rings. The van der Waals surface area contributed by atoms with E-state index in [0.717, 1.165) is 32.6 Å². The van der Waals surface area contributed by atoms with Gasteiger partial charge in [-0.25, -0.2) is 4.79 Å². The first-order valence-corrected chi connectivity index (χ1v) is 7.92. The van der Waals surface area contributed by atoms with Crippen molar-refractivity contribution >= 4 is 11.9 Å². The van der Waals surface area contributed by atoms with Crippen LogP contribution in [0.15, 0.2) is 18.2 Å². The molecule has 7 nitrogen and oxygen atoms in total. The molecule has 1 aliphatic carbocycles. The maximum Gasteiger partial charge on any atom is 0.337 e. The zero-order valence-electron chi connectivity index (χ0n) is 13.9. The van der Waals surface area contributed by atoms with Gasteiger partial charge in [-0.2, -0.15) is 0 Å².